The van der Waals surface area contributed by atoms with Crippen molar-refractivity contribution in [2.75, 3.05) is 13.2 Å². The maximum Gasteiger partial charge on any atom is 0.269 e. The van der Waals surface area contributed by atoms with E-state index in [4.69, 9.17) is 11.2 Å². The van der Waals surface area contributed by atoms with Crippen molar-refractivity contribution in [3.05, 3.63) is 46.5 Å². The number of terminal acetylenes is 1. The second kappa shape index (κ2) is 7.59. The van der Waals surface area contributed by atoms with E-state index in [-0.39, 0.29) is 24.7 Å². The quantitative estimate of drug-likeness (QED) is 0.353. The van der Waals surface area contributed by atoms with Crippen molar-refractivity contribution >= 4 is 11.6 Å². The molecule has 0 radical (unpaired) electrons. The van der Waals surface area contributed by atoms with E-state index in [0.29, 0.717) is 17.7 Å². The van der Waals surface area contributed by atoms with Crippen molar-refractivity contribution in [2.24, 2.45) is 0 Å². The van der Waals surface area contributed by atoms with E-state index in [1.807, 2.05) is 0 Å². The Kier molecular flexibility index (Phi) is 5.78. The number of ether oxygens (including phenoxy) is 1. The highest BCUT2D eigenvalue weighted by atomic mass is 16.6. The van der Waals surface area contributed by atoms with Gasteiger partial charge in [-0.2, -0.15) is 0 Å². The monoisotopic (exact) mass is 274 g/mol. The number of hydrogen-bond donors (Lipinski definition) is 1. The third-order valence-corrected chi connectivity index (χ3v) is 2.37. The number of rotatable bonds is 7. The molecule has 0 aliphatic rings. The molecule has 6 heteroatoms. The van der Waals surface area contributed by atoms with Crippen LogP contribution >= 0.6 is 0 Å². The first-order chi connectivity index (χ1) is 9.58. The second-order valence-corrected chi connectivity index (χ2v) is 3.81. The summed E-state index contributed by atoms with van der Waals surface area (Å²) in [6.45, 7) is 3.50. The lowest BCUT2D eigenvalue weighted by atomic mass is 10.1. The number of hydrogen-bond acceptors (Lipinski definition) is 4. The third-order valence-electron chi connectivity index (χ3n) is 2.37. The highest BCUT2D eigenvalue weighted by Crippen LogP contribution is 2.24. The summed E-state index contributed by atoms with van der Waals surface area (Å²) in [4.78, 5) is 21.6. The Morgan fingerprint density at radius 3 is 2.95 bits per heavy atom. The van der Waals surface area contributed by atoms with E-state index >= 15 is 0 Å². The Morgan fingerprint density at radius 2 is 2.35 bits per heavy atom. The SMILES string of the molecule is C#CCNC(=O)COc1ccc([N+](=O)[O-])cc1CC=C. The number of amides is 1. The predicted molar refractivity (Wildman–Crippen MR) is 74.3 cm³/mol. The highest BCUT2D eigenvalue weighted by Gasteiger charge is 2.12. The van der Waals surface area contributed by atoms with Gasteiger partial charge in [0.15, 0.2) is 6.61 Å². The van der Waals surface area contributed by atoms with E-state index in [1.165, 1.54) is 18.2 Å². The van der Waals surface area contributed by atoms with Gasteiger partial charge in [-0.1, -0.05) is 12.0 Å². The van der Waals surface area contributed by atoms with Crippen LogP contribution in [0.4, 0.5) is 5.69 Å². The van der Waals surface area contributed by atoms with Gasteiger partial charge >= 0.3 is 0 Å². The fourth-order valence-corrected chi connectivity index (χ4v) is 1.48. The van der Waals surface area contributed by atoms with Gasteiger partial charge in [0.25, 0.3) is 11.6 Å². The minimum Gasteiger partial charge on any atom is -0.483 e. The van der Waals surface area contributed by atoms with Crippen LogP contribution in [-0.4, -0.2) is 24.0 Å². The van der Waals surface area contributed by atoms with E-state index in [9.17, 15) is 14.9 Å². The molecule has 0 unspecified atom stereocenters. The zero-order chi connectivity index (χ0) is 15.0. The summed E-state index contributed by atoms with van der Waals surface area (Å²) < 4.78 is 5.33. The van der Waals surface area contributed by atoms with Gasteiger partial charge in [0.1, 0.15) is 5.75 Å². The third kappa shape index (κ3) is 4.46. The van der Waals surface area contributed by atoms with Gasteiger partial charge in [0, 0.05) is 17.7 Å². The number of nitro groups is 1. The first kappa shape index (κ1) is 15.2. The molecule has 20 heavy (non-hydrogen) atoms. The Hall–Kier alpha value is -2.81. The molecule has 0 saturated heterocycles. The number of carbonyl (C=O) groups excluding carboxylic acids is 1. The number of nitrogens with zero attached hydrogens (tertiary/aromatic N) is 1. The maximum absolute atomic E-state index is 11.4. The zero-order valence-electron chi connectivity index (χ0n) is 10.8. The zero-order valence-corrected chi connectivity index (χ0v) is 10.8. The molecule has 0 bridgehead atoms. The fraction of sp³-hybridized carbons (Fsp3) is 0.214. The fourth-order valence-electron chi connectivity index (χ4n) is 1.48. The van der Waals surface area contributed by atoms with Crippen molar-refractivity contribution in [1.29, 1.82) is 0 Å². The lowest BCUT2D eigenvalue weighted by Gasteiger charge is -2.10. The lowest BCUT2D eigenvalue weighted by Crippen LogP contribution is -2.29. The Morgan fingerprint density at radius 1 is 1.60 bits per heavy atom. The number of allylic oxidation sites excluding steroid dienone is 1. The molecule has 104 valence electrons. The van der Waals surface area contributed by atoms with Crippen LogP contribution < -0.4 is 10.1 Å². The molecular weight excluding hydrogens is 260 g/mol. The minimum atomic E-state index is -0.490. The van der Waals surface area contributed by atoms with Gasteiger partial charge in [0.05, 0.1) is 11.5 Å². The van der Waals surface area contributed by atoms with Crippen molar-refractivity contribution in [3.8, 4) is 18.1 Å². The lowest BCUT2D eigenvalue weighted by molar-refractivity contribution is -0.384. The van der Waals surface area contributed by atoms with Gasteiger partial charge in [-0.05, 0) is 12.5 Å². The van der Waals surface area contributed by atoms with Gasteiger partial charge in [-0.3, -0.25) is 14.9 Å². The van der Waals surface area contributed by atoms with E-state index in [1.54, 1.807) is 6.08 Å². The average Bonchev–Trinajstić information content (AvgIpc) is 2.43. The van der Waals surface area contributed by atoms with Crippen LogP contribution in [0.3, 0.4) is 0 Å². The van der Waals surface area contributed by atoms with Crippen LogP contribution in [0.1, 0.15) is 5.56 Å². The molecule has 1 rings (SSSR count). The Bertz CT molecular complexity index is 561. The molecule has 6 nitrogen and oxygen atoms in total. The number of non-ortho nitro benzene ring substituents is 1. The highest BCUT2D eigenvalue weighted by molar-refractivity contribution is 5.77. The summed E-state index contributed by atoms with van der Waals surface area (Å²) >= 11 is 0. The van der Waals surface area contributed by atoms with Gasteiger partial charge < -0.3 is 10.1 Å². The smallest absolute Gasteiger partial charge is 0.269 e. The van der Waals surface area contributed by atoms with Crippen molar-refractivity contribution in [3.63, 3.8) is 0 Å². The van der Waals surface area contributed by atoms with Crippen LogP contribution in [0.15, 0.2) is 30.9 Å². The summed E-state index contributed by atoms with van der Waals surface area (Å²) in [5.41, 5.74) is 0.560. The maximum atomic E-state index is 11.4. The number of nitrogens with one attached hydrogen (secondary N) is 1. The second-order valence-electron chi connectivity index (χ2n) is 3.81. The number of nitro benzene ring substituents is 1. The number of carbonyl (C=O) groups is 1. The molecule has 0 atom stereocenters. The molecule has 0 spiro atoms. The van der Waals surface area contributed by atoms with E-state index < -0.39 is 4.92 Å². The average molecular weight is 274 g/mol. The summed E-state index contributed by atoms with van der Waals surface area (Å²) in [6, 6.07) is 4.18. The molecular formula is C14H14N2O4. The number of benzene rings is 1. The molecule has 0 fully saturated rings. The summed E-state index contributed by atoms with van der Waals surface area (Å²) in [5.74, 6) is 2.33. The van der Waals surface area contributed by atoms with Crippen molar-refractivity contribution in [1.82, 2.24) is 5.32 Å². The molecule has 1 N–H and O–H groups in total. The van der Waals surface area contributed by atoms with Gasteiger partial charge in [-0.25, -0.2) is 0 Å². The Labute approximate surface area is 116 Å². The summed E-state index contributed by atoms with van der Waals surface area (Å²) in [6.07, 6.45) is 7.02. The molecule has 0 aliphatic carbocycles. The van der Waals surface area contributed by atoms with Crippen molar-refractivity contribution < 1.29 is 14.5 Å². The predicted octanol–water partition coefficient (Wildman–Crippen LogP) is 1.45. The molecule has 0 aromatic heterocycles. The van der Waals surface area contributed by atoms with Crippen LogP contribution in [0.2, 0.25) is 0 Å². The topological polar surface area (TPSA) is 81.5 Å². The summed E-state index contributed by atoms with van der Waals surface area (Å²) in [7, 11) is 0. The molecule has 0 aliphatic heterocycles. The first-order valence-electron chi connectivity index (χ1n) is 5.79. The van der Waals surface area contributed by atoms with Crippen LogP contribution in [0.5, 0.6) is 5.75 Å². The largest absolute Gasteiger partial charge is 0.483 e. The van der Waals surface area contributed by atoms with Gasteiger partial charge in [-0.15, -0.1) is 13.0 Å². The molecule has 1 aromatic carbocycles. The van der Waals surface area contributed by atoms with Crippen molar-refractivity contribution in [2.45, 2.75) is 6.42 Å². The molecule has 0 saturated carbocycles. The Balaban J connectivity index is 2.78. The van der Waals surface area contributed by atoms with Gasteiger partial charge in [0.2, 0.25) is 0 Å². The van der Waals surface area contributed by atoms with Crippen LogP contribution in [-0.2, 0) is 11.2 Å². The minimum absolute atomic E-state index is 0.0361. The van der Waals surface area contributed by atoms with Crippen LogP contribution in [0, 0.1) is 22.5 Å². The summed E-state index contributed by atoms with van der Waals surface area (Å²) in [5, 5.41) is 13.2. The first-order valence-corrected chi connectivity index (χ1v) is 5.79. The molecule has 1 amide bonds. The molecule has 1 aromatic rings. The van der Waals surface area contributed by atoms with E-state index in [0.717, 1.165) is 0 Å². The van der Waals surface area contributed by atoms with E-state index in [2.05, 4.69) is 17.8 Å². The molecule has 0 heterocycles. The van der Waals surface area contributed by atoms with Crippen LogP contribution in [0.25, 0.3) is 0 Å². The normalized spacial score (nSPS) is 9.35. The standard InChI is InChI=1S/C14H14N2O4/c1-3-5-11-9-12(16(18)19)6-7-13(11)20-10-14(17)15-8-4-2/h2-3,6-7,9H,1,5,8,10H2,(H,15,17).